The summed E-state index contributed by atoms with van der Waals surface area (Å²) in [7, 11) is 2.17. The van der Waals surface area contributed by atoms with Crippen LogP contribution in [0.25, 0.3) is 27.5 Å². The molecule has 2 unspecified atom stereocenters. The third kappa shape index (κ3) is 1.82. The Morgan fingerprint density at radius 1 is 0.880 bits per heavy atom. The predicted molar refractivity (Wildman–Crippen MR) is 101 cm³/mol. The molecule has 1 fully saturated rings. The van der Waals surface area contributed by atoms with Crippen LogP contribution in [0.15, 0.2) is 60.9 Å². The molecular weight excluding hydrogens is 304 g/mol. The van der Waals surface area contributed by atoms with Crippen molar-refractivity contribution in [1.29, 1.82) is 0 Å². The van der Waals surface area contributed by atoms with E-state index in [2.05, 4.69) is 77.1 Å². The van der Waals surface area contributed by atoms with E-state index >= 15 is 0 Å². The molecule has 2 nitrogen and oxygen atoms in total. The summed E-state index contributed by atoms with van der Waals surface area (Å²) in [6.45, 7) is 0. The van der Waals surface area contributed by atoms with Crippen molar-refractivity contribution in [3.05, 3.63) is 72.1 Å². The summed E-state index contributed by atoms with van der Waals surface area (Å²) in [5.74, 6) is 1.61. The van der Waals surface area contributed by atoms with Gasteiger partial charge in [-0.05, 0) is 77.3 Å². The van der Waals surface area contributed by atoms with Gasteiger partial charge in [0.2, 0.25) is 6.33 Å². The average molecular weight is 325 g/mol. The number of rotatable bonds is 1. The molecule has 122 valence electrons. The minimum absolute atomic E-state index is 0.801. The van der Waals surface area contributed by atoms with Gasteiger partial charge in [0.15, 0.2) is 11.0 Å². The molecule has 4 aromatic rings. The Kier molecular flexibility index (Phi) is 2.58. The zero-order valence-corrected chi connectivity index (χ0v) is 14.4. The molecule has 2 aliphatic carbocycles. The maximum Gasteiger partial charge on any atom is 0.249 e. The van der Waals surface area contributed by atoms with Gasteiger partial charge >= 0.3 is 0 Å². The molecule has 6 rings (SSSR count). The molecule has 2 aliphatic rings. The predicted octanol–water partition coefficient (Wildman–Crippen LogP) is 4.97. The normalized spacial score (nSPS) is 21.3. The first-order valence-electron chi connectivity index (χ1n) is 9.31. The Morgan fingerprint density at radius 2 is 1.64 bits per heavy atom. The highest BCUT2D eigenvalue weighted by Crippen LogP contribution is 2.53. The smallest absolute Gasteiger partial charge is 0.232 e. The van der Waals surface area contributed by atoms with Crippen molar-refractivity contribution in [1.82, 2.24) is 4.57 Å². The van der Waals surface area contributed by atoms with Crippen LogP contribution in [-0.4, -0.2) is 4.57 Å². The molecule has 1 heterocycles. The first-order valence-corrected chi connectivity index (χ1v) is 9.31. The molecule has 25 heavy (non-hydrogen) atoms. The second kappa shape index (κ2) is 4.72. The Balaban J connectivity index is 1.61. The van der Waals surface area contributed by atoms with Gasteiger partial charge in [-0.25, -0.2) is 4.57 Å². The maximum atomic E-state index is 2.48. The van der Waals surface area contributed by atoms with Crippen molar-refractivity contribution in [2.24, 2.45) is 7.05 Å². The van der Waals surface area contributed by atoms with Crippen LogP contribution < -0.4 is 4.57 Å². The van der Waals surface area contributed by atoms with Crippen LogP contribution in [-0.2, 0) is 7.05 Å². The molecule has 0 N–H and O–H groups in total. The van der Waals surface area contributed by atoms with E-state index in [1.54, 1.807) is 11.1 Å². The quantitative estimate of drug-likeness (QED) is 0.437. The van der Waals surface area contributed by atoms with Gasteiger partial charge < -0.3 is 0 Å². The van der Waals surface area contributed by atoms with E-state index in [0.29, 0.717) is 0 Å². The number of imidazole rings is 1. The summed E-state index contributed by atoms with van der Waals surface area (Å²) < 4.78 is 4.63. The molecule has 0 spiro atoms. The van der Waals surface area contributed by atoms with Crippen LogP contribution in [0.3, 0.4) is 0 Å². The number of hydrogen-bond donors (Lipinski definition) is 0. The van der Waals surface area contributed by atoms with Crippen LogP contribution in [0.1, 0.15) is 42.2 Å². The Bertz CT molecular complexity index is 1150. The number of aromatic nitrogens is 2. The molecule has 0 radical (unpaired) electrons. The van der Waals surface area contributed by atoms with Gasteiger partial charge in [0.05, 0.1) is 7.05 Å². The van der Waals surface area contributed by atoms with Crippen molar-refractivity contribution in [3.63, 3.8) is 0 Å². The fourth-order valence-electron chi connectivity index (χ4n) is 5.17. The van der Waals surface area contributed by atoms with E-state index in [-0.39, 0.29) is 0 Å². The summed E-state index contributed by atoms with van der Waals surface area (Å²) in [6, 6.07) is 20.3. The lowest BCUT2D eigenvalue weighted by atomic mass is 9.91. The Labute approximate surface area is 147 Å². The van der Waals surface area contributed by atoms with Crippen molar-refractivity contribution in [2.75, 3.05) is 0 Å². The standard InChI is InChI=1S/C23H21N2/c1-24-14-25(19-9-8-15-4-2-3-5-16(15)11-19)23-13-21-18-7-6-17(10-18)20(21)12-22(23)24/h2-5,8-9,11-14,17-18H,6-7,10H2,1H3/q+1. The molecule has 1 saturated carbocycles. The highest BCUT2D eigenvalue weighted by atomic mass is 15.1. The maximum absolute atomic E-state index is 2.48. The Hall–Kier alpha value is -2.61. The lowest BCUT2D eigenvalue weighted by Crippen LogP contribution is -2.25. The van der Waals surface area contributed by atoms with E-state index in [9.17, 15) is 0 Å². The van der Waals surface area contributed by atoms with Crippen molar-refractivity contribution in [2.45, 2.75) is 31.1 Å². The molecule has 0 saturated heterocycles. The molecular formula is C23H21N2+. The lowest BCUT2D eigenvalue weighted by molar-refractivity contribution is -0.645. The van der Waals surface area contributed by atoms with Crippen LogP contribution in [0.2, 0.25) is 0 Å². The van der Waals surface area contributed by atoms with Gasteiger partial charge in [-0.1, -0.05) is 30.3 Å². The average Bonchev–Trinajstić information content (AvgIpc) is 3.34. The van der Waals surface area contributed by atoms with Gasteiger partial charge in [-0.15, -0.1) is 0 Å². The van der Waals surface area contributed by atoms with Crippen LogP contribution in [0.5, 0.6) is 0 Å². The third-order valence-corrected chi connectivity index (χ3v) is 6.43. The minimum Gasteiger partial charge on any atom is -0.232 e. The van der Waals surface area contributed by atoms with Crippen molar-refractivity contribution in [3.8, 4) is 5.69 Å². The van der Waals surface area contributed by atoms with E-state index in [0.717, 1.165) is 11.8 Å². The molecule has 0 amide bonds. The van der Waals surface area contributed by atoms with Crippen LogP contribution in [0, 0.1) is 0 Å². The van der Waals surface area contributed by atoms with Crippen LogP contribution >= 0.6 is 0 Å². The second-order valence-electron chi connectivity index (χ2n) is 7.80. The van der Waals surface area contributed by atoms with Gasteiger partial charge in [0.1, 0.15) is 5.69 Å². The molecule has 2 heteroatoms. The first-order chi connectivity index (χ1) is 12.3. The van der Waals surface area contributed by atoms with E-state index in [1.165, 1.54) is 46.8 Å². The van der Waals surface area contributed by atoms with Crippen LogP contribution in [0.4, 0.5) is 0 Å². The van der Waals surface area contributed by atoms with E-state index in [1.807, 2.05) is 0 Å². The number of aryl methyl sites for hydroxylation is 1. The number of hydrogen-bond acceptors (Lipinski definition) is 0. The van der Waals surface area contributed by atoms with Gasteiger partial charge in [0.25, 0.3) is 0 Å². The highest BCUT2D eigenvalue weighted by molar-refractivity contribution is 5.85. The summed E-state index contributed by atoms with van der Waals surface area (Å²) in [6.07, 6.45) is 6.37. The van der Waals surface area contributed by atoms with Gasteiger partial charge in [-0.2, -0.15) is 4.57 Å². The number of benzene rings is 3. The first kappa shape index (κ1) is 13.7. The zero-order valence-electron chi connectivity index (χ0n) is 14.4. The molecule has 2 atom stereocenters. The fourth-order valence-corrected chi connectivity index (χ4v) is 5.17. The van der Waals surface area contributed by atoms with Crippen molar-refractivity contribution >= 4 is 21.8 Å². The topological polar surface area (TPSA) is 8.81 Å². The summed E-state index contributed by atoms with van der Waals surface area (Å²) in [5.41, 5.74) is 7.16. The summed E-state index contributed by atoms with van der Waals surface area (Å²) in [4.78, 5) is 0. The van der Waals surface area contributed by atoms with Crippen molar-refractivity contribution < 1.29 is 4.57 Å². The van der Waals surface area contributed by atoms with Gasteiger partial charge in [0, 0.05) is 0 Å². The van der Waals surface area contributed by atoms with E-state index in [4.69, 9.17) is 0 Å². The fraction of sp³-hybridized carbons (Fsp3) is 0.261. The summed E-state index contributed by atoms with van der Waals surface area (Å²) in [5, 5.41) is 2.59. The SMILES string of the molecule is C[n+]1cn(-c2ccc3ccccc3c2)c2cc3c(cc21)C1CCC3C1. The minimum atomic E-state index is 0.801. The number of fused-ring (bicyclic) bond motifs is 7. The van der Waals surface area contributed by atoms with Gasteiger partial charge in [-0.3, -0.25) is 0 Å². The Morgan fingerprint density at radius 3 is 2.48 bits per heavy atom. The largest absolute Gasteiger partial charge is 0.249 e. The summed E-state index contributed by atoms with van der Waals surface area (Å²) >= 11 is 0. The third-order valence-electron chi connectivity index (χ3n) is 6.43. The molecule has 1 aromatic heterocycles. The highest BCUT2D eigenvalue weighted by Gasteiger charge is 2.38. The molecule has 2 bridgehead atoms. The second-order valence-corrected chi connectivity index (χ2v) is 7.80. The number of nitrogens with zero attached hydrogens (tertiary/aromatic N) is 2. The molecule has 0 aliphatic heterocycles. The van der Waals surface area contributed by atoms with E-state index < -0.39 is 0 Å². The monoisotopic (exact) mass is 325 g/mol. The molecule has 3 aromatic carbocycles. The zero-order chi connectivity index (χ0) is 16.5. The lowest BCUT2D eigenvalue weighted by Gasteiger charge is -2.14.